The summed E-state index contributed by atoms with van der Waals surface area (Å²) in [7, 11) is 3.16. The molecular weight excluding hydrogens is 348 g/mol. The van der Waals surface area contributed by atoms with Crippen LogP contribution in [0.1, 0.15) is 17.4 Å². The lowest BCUT2D eigenvalue weighted by atomic mass is 10.0. The quantitative estimate of drug-likeness (QED) is 0.632. The molecule has 0 saturated heterocycles. The Bertz CT molecular complexity index is 603. The predicted molar refractivity (Wildman–Crippen MR) is 80.1 cm³/mol. The first-order chi connectivity index (χ1) is 9.62. The fourth-order valence-electron chi connectivity index (χ4n) is 1.95. The number of hydrazine groups is 1. The molecular formula is C13H14BrClN2O3. The van der Waals surface area contributed by atoms with Crippen LogP contribution in [0.5, 0.6) is 11.5 Å². The first-order valence-corrected chi connectivity index (χ1v) is 6.91. The number of nitrogens with one attached hydrogen (secondary N) is 1. The maximum atomic E-state index is 5.81. The fourth-order valence-corrected chi connectivity index (χ4v) is 2.79. The van der Waals surface area contributed by atoms with E-state index >= 15 is 0 Å². The molecule has 0 aliphatic carbocycles. The number of hydrogen-bond acceptors (Lipinski definition) is 5. The number of halogens is 2. The van der Waals surface area contributed by atoms with Gasteiger partial charge < -0.3 is 13.9 Å². The van der Waals surface area contributed by atoms with Crippen LogP contribution in [0, 0.1) is 0 Å². The van der Waals surface area contributed by atoms with Gasteiger partial charge in [0.1, 0.15) is 27.8 Å². The van der Waals surface area contributed by atoms with Gasteiger partial charge in [-0.05, 0) is 51.8 Å². The lowest BCUT2D eigenvalue weighted by Crippen LogP contribution is -2.29. The van der Waals surface area contributed by atoms with Crippen molar-refractivity contribution in [3.63, 3.8) is 0 Å². The van der Waals surface area contributed by atoms with E-state index in [1.807, 2.05) is 12.1 Å². The Morgan fingerprint density at radius 1 is 1.25 bits per heavy atom. The van der Waals surface area contributed by atoms with E-state index in [-0.39, 0.29) is 6.04 Å². The maximum absolute atomic E-state index is 5.81. The SMILES string of the molecule is COc1ccc(C(NN)c2ccc(Cl)o2)c(OC)c1Br. The third-order valence-corrected chi connectivity index (χ3v) is 3.83. The van der Waals surface area contributed by atoms with Crippen LogP contribution in [0.4, 0.5) is 0 Å². The van der Waals surface area contributed by atoms with Gasteiger partial charge in [0.15, 0.2) is 5.22 Å². The van der Waals surface area contributed by atoms with Gasteiger partial charge in [-0.25, -0.2) is 5.43 Å². The van der Waals surface area contributed by atoms with E-state index in [9.17, 15) is 0 Å². The largest absolute Gasteiger partial charge is 0.495 e. The van der Waals surface area contributed by atoms with Crippen molar-refractivity contribution in [3.8, 4) is 11.5 Å². The molecule has 0 radical (unpaired) electrons. The zero-order valence-corrected chi connectivity index (χ0v) is 13.3. The summed E-state index contributed by atoms with van der Waals surface area (Å²) < 4.78 is 16.8. The van der Waals surface area contributed by atoms with Crippen molar-refractivity contribution < 1.29 is 13.9 Å². The molecule has 1 heterocycles. The lowest BCUT2D eigenvalue weighted by molar-refractivity contribution is 0.377. The first-order valence-electron chi connectivity index (χ1n) is 5.74. The lowest BCUT2D eigenvalue weighted by Gasteiger charge is -2.19. The molecule has 0 aliphatic heterocycles. The van der Waals surface area contributed by atoms with E-state index in [1.165, 1.54) is 0 Å². The van der Waals surface area contributed by atoms with Gasteiger partial charge in [0.05, 0.1) is 14.2 Å². The van der Waals surface area contributed by atoms with Crippen molar-refractivity contribution in [1.29, 1.82) is 0 Å². The van der Waals surface area contributed by atoms with E-state index in [0.717, 1.165) is 5.56 Å². The van der Waals surface area contributed by atoms with E-state index in [1.54, 1.807) is 26.4 Å². The summed E-state index contributed by atoms with van der Waals surface area (Å²) >= 11 is 9.26. The number of methoxy groups -OCH3 is 2. The summed E-state index contributed by atoms with van der Waals surface area (Å²) in [5, 5.41) is 0.298. The minimum absolute atomic E-state index is 0.298. The topological polar surface area (TPSA) is 69.7 Å². The number of rotatable bonds is 5. The van der Waals surface area contributed by atoms with Crippen LogP contribution < -0.4 is 20.7 Å². The average Bonchev–Trinajstić information content (AvgIpc) is 2.86. The Labute approximate surface area is 130 Å². The number of hydrogen-bond donors (Lipinski definition) is 2. The van der Waals surface area contributed by atoms with Crippen LogP contribution in [0.25, 0.3) is 0 Å². The molecule has 0 amide bonds. The van der Waals surface area contributed by atoms with Gasteiger partial charge in [0.2, 0.25) is 0 Å². The second-order valence-corrected chi connectivity index (χ2v) is 5.11. The highest BCUT2D eigenvalue weighted by Crippen LogP contribution is 2.41. The monoisotopic (exact) mass is 360 g/mol. The van der Waals surface area contributed by atoms with Crippen LogP contribution in [-0.2, 0) is 0 Å². The van der Waals surface area contributed by atoms with Crippen LogP contribution in [0.15, 0.2) is 33.2 Å². The molecule has 0 spiro atoms. The molecule has 0 aliphatic rings. The molecule has 108 valence electrons. The van der Waals surface area contributed by atoms with Crippen LogP contribution in [0.2, 0.25) is 5.22 Å². The summed E-state index contributed by atoms with van der Waals surface area (Å²) in [6, 6.07) is 6.69. The van der Waals surface area contributed by atoms with E-state index in [4.69, 9.17) is 31.3 Å². The number of ether oxygens (including phenoxy) is 2. The fraction of sp³-hybridized carbons (Fsp3) is 0.231. The molecule has 0 saturated carbocycles. The van der Waals surface area contributed by atoms with Crippen LogP contribution in [-0.4, -0.2) is 14.2 Å². The van der Waals surface area contributed by atoms with Gasteiger partial charge in [-0.1, -0.05) is 0 Å². The zero-order chi connectivity index (χ0) is 14.7. The predicted octanol–water partition coefficient (Wildman–Crippen LogP) is 3.27. The second-order valence-electron chi connectivity index (χ2n) is 3.95. The highest BCUT2D eigenvalue weighted by atomic mass is 79.9. The Hall–Kier alpha value is -1.21. The molecule has 7 heteroatoms. The Morgan fingerprint density at radius 3 is 2.50 bits per heavy atom. The molecule has 3 N–H and O–H groups in total. The molecule has 1 aromatic carbocycles. The van der Waals surface area contributed by atoms with Crippen molar-refractivity contribution >= 4 is 27.5 Å². The van der Waals surface area contributed by atoms with Crippen molar-refractivity contribution in [2.45, 2.75) is 6.04 Å². The maximum Gasteiger partial charge on any atom is 0.193 e. The van der Waals surface area contributed by atoms with E-state index < -0.39 is 0 Å². The molecule has 20 heavy (non-hydrogen) atoms. The Balaban J connectivity index is 2.52. The van der Waals surface area contributed by atoms with E-state index in [0.29, 0.717) is 27.0 Å². The van der Waals surface area contributed by atoms with Crippen molar-refractivity contribution in [1.82, 2.24) is 5.43 Å². The number of furan rings is 1. The third kappa shape index (κ3) is 2.78. The Kier molecular flexibility index (Phi) is 4.93. The molecule has 0 bridgehead atoms. The first kappa shape index (κ1) is 15.2. The van der Waals surface area contributed by atoms with Gasteiger partial charge in [-0.2, -0.15) is 0 Å². The summed E-state index contributed by atoms with van der Waals surface area (Å²) in [6.07, 6.45) is 0. The number of nitrogens with two attached hydrogens (primary N) is 1. The smallest absolute Gasteiger partial charge is 0.193 e. The average molecular weight is 362 g/mol. The molecule has 1 unspecified atom stereocenters. The summed E-state index contributed by atoms with van der Waals surface area (Å²) in [5.74, 6) is 7.50. The normalized spacial score (nSPS) is 12.2. The molecule has 0 fully saturated rings. The zero-order valence-electron chi connectivity index (χ0n) is 10.9. The Morgan fingerprint density at radius 2 is 2.00 bits per heavy atom. The van der Waals surface area contributed by atoms with Gasteiger partial charge in [0.25, 0.3) is 0 Å². The molecule has 1 aromatic heterocycles. The van der Waals surface area contributed by atoms with Crippen molar-refractivity contribution in [2.75, 3.05) is 14.2 Å². The molecule has 5 nitrogen and oxygen atoms in total. The van der Waals surface area contributed by atoms with Crippen molar-refractivity contribution in [3.05, 3.63) is 45.3 Å². The van der Waals surface area contributed by atoms with E-state index in [2.05, 4.69) is 21.4 Å². The molecule has 2 rings (SSSR count). The minimum Gasteiger partial charge on any atom is -0.495 e. The van der Waals surface area contributed by atoms with Crippen LogP contribution >= 0.6 is 27.5 Å². The minimum atomic E-state index is -0.389. The van der Waals surface area contributed by atoms with Crippen LogP contribution in [0.3, 0.4) is 0 Å². The highest BCUT2D eigenvalue weighted by molar-refractivity contribution is 9.10. The standard InChI is InChI=1S/C13H14BrClN2O3/c1-18-8-4-3-7(13(19-2)11(8)14)12(17-16)9-5-6-10(15)20-9/h3-6,12,17H,16H2,1-2H3. The summed E-state index contributed by atoms with van der Waals surface area (Å²) in [6.45, 7) is 0. The highest BCUT2D eigenvalue weighted by Gasteiger charge is 2.23. The summed E-state index contributed by atoms with van der Waals surface area (Å²) in [5.41, 5.74) is 3.49. The summed E-state index contributed by atoms with van der Waals surface area (Å²) in [4.78, 5) is 0. The molecule has 2 aromatic rings. The third-order valence-electron chi connectivity index (χ3n) is 2.87. The second kappa shape index (κ2) is 6.49. The number of benzene rings is 1. The molecule has 1 atom stereocenters. The van der Waals surface area contributed by atoms with Gasteiger partial charge in [0, 0.05) is 5.56 Å². The van der Waals surface area contributed by atoms with Crippen molar-refractivity contribution in [2.24, 2.45) is 5.84 Å². The van der Waals surface area contributed by atoms with Gasteiger partial charge in [-0.3, -0.25) is 5.84 Å². The van der Waals surface area contributed by atoms with Gasteiger partial charge >= 0.3 is 0 Å². The van der Waals surface area contributed by atoms with Gasteiger partial charge in [-0.15, -0.1) is 0 Å².